The Morgan fingerprint density at radius 2 is 2.05 bits per heavy atom. The van der Waals surface area contributed by atoms with Crippen LogP contribution in [0.15, 0.2) is 24.3 Å². The van der Waals surface area contributed by atoms with Gasteiger partial charge in [0.25, 0.3) is 0 Å². The van der Waals surface area contributed by atoms with Crippen molar-refractivity contribution in [1.82, 2.24) is 14.9 Å². The van der Waals surface area contributed by atoms with Crippen molar-refractivity contribution >= 4 is 29.1 Å². The molecule has 0 bridgehead atoms. The van der Waals surface area contributed by atoms with E-state index in [-0.39, 0.29) is 18.4 Å². The van der Waals surface area contributed by atoms with E-state index < -0.39 is 0 Å². The maximum absolute atomic E-state index is 6.12. The van der Waals surface area contributed by atoms with E-state index in [4.69, 9.17) is 11.5 Å². The van der Waals surface area contributed by atoms with Gasteiger partial charge in [-0.3, -0.25) is 4.90 Å². The lowest BCUT2D eigenvalue weighted by Crippen LogP contribution is -2.48. The van der Waals surface area contributed by atoms with Gasteiger partial charge in [-0.15, -0.1) is 12.4 Å². The van der Waals surface area contributed by atoms with Crippen LogP contribution in [0.3, 0.4) is 0 Å². The summed E-state index contributed by atoms with van der Waals surface area (Å²) in [7, 11) is 0. The Balaban J connectivity index is 0.00000176. The number of piperidine rings is 1. The van der Waals surface area contributed by atoms with E-state index in [1.54, 1.807) is 0 Å². The normalized spacial score (nSPS) is 20.5. The van der Waals surface area contributed by atoms with E-state index in [9.17, 15) is 0 Å². The molecule has 0 radical (unpaired) electrons. The van der Waals surface area contributed by atoms with E-state index in [2.05, 4.69) is 21.8 Å². The average Bonchev–Trinajstić information content (AvgIpc) is 2.47. The molecule has 1 saturated heterocycles. The van der Waals surface area contributed by atoms with E-state index in [0.717, 1.165) is 36.2 Å². The van der Waals surface area contributed by atoms with Crippen molar-refractivity contribution < 1.29 is 0 Å². The Morgan fingerprint density at radius 1 is 1.27 bits per heavy atom. The molecule has 1 aromatic heterocycles. The number of halogens is 1. The molecule has 4 N–H and O–H groups in total. The molecule has 6 heteroatoms. The SMILES string of the molecule is CC(N)C1CCCCN1Cc1nc(N)c2ccccc2n1.Cl. The molecule has 2 atom stereocenters. The van der Waals surface area contributed by atoms with Gasteiger partial charge >= 0.3 is 0 Å². The van der Waals surface area contributed by atoms with Gasteiger partial charge in [0.15, 0.2) is 0 Å². The maximum Gasteiger partial charge on any atom is 0.145 e. The van der Waals surface area contributed by atoms with Crippen molar-refractivity contribution in [2.75, 3.05) is 12.3 Å². The lowest BCUT2D eigenvalue weighted by Gasteiger charge is -2.37. The summed E-state index contributed by atoms with van der Waals surface area (Å²) in [4.78, 5) is 11.5. The van der Waals surface area contributed by atoms with Crippen molar-refractivity contribution in [3.05, 3.63) is 30.1 Å². The largest absolute Gasteiger partial charge is 0.383 e. The molecule has 0 aliphatic carbocycles. The topological polar surface area (TPSA) is 81.1 Å². The number of para-hydroxylation sites is 1. The molecule has 1 fully saturated rings. The van der Waals surface area contributed by atoms with Crippen LogP contribution in [0.4, 0.5) is 5.82 Å². The molecule has 5 nitrogen and oxygen atoms in total. The van der Waals surface area contributed by atoms with Crippen LogP contribution in [0.1, 0.15) is 32.0 Å². The summed E-state index contributed by atoms with van der Waals surface area (Å²) in [6.45, 7) is 3.86. The predicted octanol–water partition coefficient (Wildman–Crippen LogP) is 2.34. The summed E-state index contributed by atoms with van der Waals surface area (Å²) in [5.74, 6) is 1.35. The van der Waals surface area contributed by atoms with Gasteiger partial charge in [-0.25, -0.2) is 9.97 Å². The highest BCUT2D eigenvalue weighted by molar-refractivity contribution is 5.87. The Morgan fingerprint density at radius 3 is 2.82 bits per heavy atom. The standard InChI is InChI=1S/C16H23N5.ClH/c1-11(17)14-8-4-5-9-21(14)10-15-19-13-7-3-2-6-12(13)16(18)20-15;/h2-3,6-7,11,14H,4-5,8-10,17H2,1H3,(H2,18,19,20);1H. The molecule has 0 amide bonds. The number of aromatic nitrogens is 2. The number of anilines is 1. The lowest BCUT2D eigenvalue weighted by atomic mass is 9.97. The van der Waals surface area contributed by atoms with Gasteiger partial charge in [0.05, 0.1) is 12.1 Å². The second-order valence-corrected chi connectivity index (χ2v) is 5.93. The fraction of sp³-hybridized carbons (Fsp3) is 0.500. The van der Waals surface area contributed by atoms with Crippen LogP contribution >= 0.6 is 12.4 Å². The summed E-state index contributed by atoms with van der Waals surface area (Å²) < 4.78 is 0. The third kappa shape index (κ3) is 3.48. The highest BCUT2D eigenvalue weighted by atomic mass is 35.5. The predicted molar refractivity (Wildman–Crippen MR) is 92.9 cm³/mol. The van der Waals surface area contributed by atoms with Crippen LogP contribution < -0.4 is 11.5 Å². The van der Waals surface area contributed by atoms with Gasteiger partial charge in [-0.05, 0) is 38.4 Å². The number of likely N-dealkylation sites (tertiary alicyclic amines) is 1. The van der Waals surface area contributed by atoms with E-state index in [1.165, 1.54) is 12.8 Å². The molecule has 120 valence electrons. The first-order valence-electron chi connectivity index (χ1n) is 7.66. The van der Waals surface area contributed by atoms with Crippen LogP contribution in [-0.2, 0) is 6.54 Å². The van der Waals surface area contributed by atoms with Gasteiger partial charge in [0, 0.05) is 17.5 Å². The van der Waals surface area contributed by atoms with Crippen molar-refractivity contribution in [2.24, 2.45) is 5.73 Å². The van der Waals surface area contributed by atoms with Crippen LogP contribution in [0, 0.1) is 0 Å². The Kier molecular flexibility index (Phi) is 5.56. The first-order valence-corrected chi connectivity index (χ1v) is 7.66. The van der Waals surface area contributed by atoms with Crippen LogP contribution in [-0.4, -0.2) is 33.5 Å². The number of rotatable bonds is 3. The summed E-state index contributed by atoms with van der Waals surface area (Å²) in [6, 6.07) is 8.46. The highest BCUT2D eigenvalue weighted by Gasteiger charge is 2.26. The minimum Gasteiger partial charge on any atom is -0.383 e. The Labute approximate surface area is 137 Å². The van der Waals surface area contributed by atoms with Crippen molar-refractivity contribution in [2.45, 2.75) is 44.8 Å². The van der Waals surface area contributed by atoms with Crippen molar-refractivity contribution in [3.8, 4) is 0 Å². The summed E-state index contributed by atoms with van der Waals surface area (Å²) >= 11 is 0. The second-order valence-electron chi connectivity index (χ2n) is 5.93. The smallest absolute Gasteiger partial charge is 0.145 e. The van der Waals surface area contributed by atoms with Gasteiger partial charge < -0.3 is 11.5 Å². The van der Waals surface area contributed by atoms with Crippen LogP contribution in [0.5, 0.6) is 0 Å². The van der Waals surface area contributed by atoms with Crippen LogP contribution in [0.2, 0.25) is 0 Å². The third-order valence-electron chi connectivity index (χ3n) is 4.29. The molecule has 0 spiro atoms. The highest BCUT2D eigenvalue weighted by Crippen LogP contribution is 2.22. The van der Waals surface area contributed by atoms with Crippen LogP contribution in [0.25, 0.3) is 10.9 Å². The quantitative estimate of drug-likeness (QED) is 0.906. The van der Waals surface area contributed by atoms with E-state index in [0.29, 0.717) is 11.9 Å². The average molecular weight is 322 g/mol. The third-order valence-corrected chi connectivity index (χ3v) is 4.29. The fourth-order valence-electron chi connectivity index (χ4n) is 3.21. The van der Waals surface area contributed by atoms with Crippen molar-refractivity contribution in [3.63, 3.8) is 0 Å². The molecule has 1 aliphatic rings. The molecule has 3 rings (SSSR count). The maximum atomic E-state index is 6.12. The van der Waals surface area contributed by atoms with Gasteiger partial charge in [-0.1, -0.05) is 18.6 Å². The number of fused-ring (bicyclic) bond motifs is 1. The number of nitrogen functional groups attached to an aromatic ring is 1. The zero-order valence-corrected chi connectivity index (χ0v) is 13.7. The molecule has 2 heterocycles. The monoisotopic (exact) mass is 321 g/mol. The van der Waals surface area contributed by atoms with Gasteiger partial charge in [0.1, 0.15) is 11.6 Å². The van der Waals surface area contributed by atoms with Crippen molar-refractivity contribution in [1.29, 1.82) is 0 Å². The number of hydrogen-bond donors (Lipinski definition) is 2. The van der Waals surface area contributed by atoms with E-state index in [1.807, 2.05) is 24.3 Å². The molecule has 2 unspecified atom stereocenters. The molecule has 2 aromatic rings. The Hall–Kier alpha value is -1.43. The molecule has 1 aromatic carbocycles. The molecule has 22 heavy (non-hydrogen) atoms. The zero-order chi connectivity index (χ0) is 14.8. The zero-order valence-electron chi connectivity index (χ0n) is 12.9. The Bertz CT molecular complexity index is 631. The second kappa shape index (κ2) is 7.22. The fourth-order valence-corrected chi connectivity index (χ4v) is 3.21. The summed E-state index contributed by atoms with van der Waals surface area (Å²) in [5.41, 5.74) is 13.1. The molecular weight excluding hydrogens is 298 g/mol. The molecule has 1 aliphatic heterocycles. The van der Waals surface area contributed by atoms with Gasteiger partial charge in [-0.2, -0.15) is 0 Å². The number of nitrogens with zero attached hydrogens (tertiary/aromatic N) is 3. The van der Waals surface area contributed by atoms with E-state index >= 15 is 0 Å². The van der Waals surface area contributed by atoms with Gasteiger partial charge in [0.2, 0.25) is 0 Å². The summed E-state index contributed by atoms with van der Waals surface area (Å²) in [6.07, 6.45) is 3.62. The number of nitrogens with two attached hydrogens (primary N) is 2. The first kappa shape index (κ1) is 16.9. The lowest BCUT2D eigenvalue weighted by molar-refractivity contribution is 0.120. The molecular formula is C16H24ClN5. The summed E-state index contributed by atoms with van der Waals surface area (Å²) in [5, 5.41) is 0.920. The minimum absolute atomic E-state index is 0. The molecule has 0 saturated carbocycles. The minimum atomic E-state index is 0. The number of hydrogen-bond acceptors (Lipinski definition) is 5. The number of benzene rings is 1. The first-order chi connectivity index (χ1) is 10.1.